The zero-order valence-corrected chi connectivity index (χ0v) is 18.1. The van der Waals surface area contributed by atoms with Crippen LogP contribution < -0.4 is 0 Å². The van der Waals surface area contributed by atoms with Crippen LogP contribution >= 0.6 is 0 Å². The highest BCUT2D eigenvalue weighted by Crippen LogP contribution is 2.26. The molecule has 1 aromatic heterocycles. The topological polar surface area (TPSA) is 53.5 Å². The van der Waals surface area contributed by atoms with E-state index in [4.69, 9.17) is 0 Å². The maximum absolute atomic E-state index is 13.6. The minimum Gasteiger partial charge on any atom is -0.339 e. The van der Waals surface area contributed by atoms with Crippen molar-refractivity contribution in [1.82, 2.24) is 14.8 Å². The van der Waals surface area contributed by atoms with Gasteiger partial charge in [-0.3, -0.25) is 14.6 Å². The third-order valence-electron chi connectivity index (χ3n) is 5.93. The van der Waals surface area contributed by atoms with E-state index in [2.05, 4.69) is 4.98 Å². The van der Waals surface area contributed by atoms with Crippen LogP contribution in [0.25, 0.3) is 11.1 Å². The van der Waals surface area contributed by atoms with Gasteiger partial charge in [-0.2, -0.15) is 0 Å². The van der Waals surface area contributed by atoms with Crippen LogP contribution in [-0.2, 0) is 22.4 Å². The number of rotatable bonds is 6. The number of carbonyl (C=O) groups is 2. The second-order valence-corrected chi connectivity index (χ2v) is 7.93. The molecule has 1 unspecified atom stereocenters. The molecule has 0 saturated carbocycles. The van der Waals surface area contributed by atoms with Crippen LogP contribution in [-0.4, -0.2) is 52.3 Å². The standard InChI is InChI=1S/C26H26FN3O2/c1-2-29-13-14-30(25(31)16-19-7-5-10-22(27)15-19)24(26(29)32)17-20-8-3-4-11-23(20)21-9-6-12-28-18-21/h3-12,15,18,24H,2,13-14,16-17H2,1H3. The molecular formula is C26H26FN3O2. The number of amides is 2. The van der Waals surface area contributed by atoms with Gasteiger partial charge < -0.3 is 9.80 Å². The molecule has 1 fully saturated rings. The number of pyridine rings is 1. The van der Waals surface area contributed by atoms with Gasteiger partial charge in [0.25, 0.3) is 0 Å². The first-order valence-corrected chi connectivity index (χ1v) is 10.9. The lowest BCUT2D eigenvalue weighted by Crippen LogP contribution is -2.59. The Bertz CT molecular complexity index is 1100. The van der Waals surface area contributed by atoms with E-state index in [1.165, 1.54) is 12.1 Å². The lowest BCUT2D eigenvalue weighted by atomic mass is 9.93. The fourth-order valence-corrected chi connectivity index (χ4v) is 4.28. The van der Waals surface area contributed by atoms with Crippen LogP contribution in [0.15, 0.2) is 73.1 Å². The van der Waals surface area contributed by atoms with Crippen molar-refractivity contribution in [2.24, 2.45) is 0 Å². The number of halogens is 1. The molecule has 3 aromatic rings. The summed E-state index contributed by atoms with van der Waals surface area (Å²) in [6.45, 7) is 3.52. The van der Waals surface area contributed by atoms with Crippen molar-refractivity contribution in [2.75, 3.05) is 19.6 Å². The highest BCUT2D eigenvalue weighted by atomic mass is 19.1. The van der Waals surface area contributed by atoms with Gasteiger partial charge in [-0.05, 0) is 41.8 Å². The quantitative estimate of drug-likeness (QED) is 0.598. The molecule has 6 heteroatoms. The number of piperazine rings is 1. The Kier molecular flexibility index (Phi) is 6.59. The normalized spacial score (nSPS) is 16.3. The Hall–Kier alpha value is -3.54. The van der Waals surface area contributed by atoms with Crippen LogP contribution in [0.1, 0.15) is 18.1 Å². The van der Waals surface area contributed by atoms with Crippen molar-refractivity contribution >= 4 is 11.8 Å². The average Bonchev–Trinajstić information content (AvgIpc) is 2.81. The minimum absolute atomic E-state index is 0.0488. The zero-order valence-electron chi connectivity index (χ0n) is 18.1. The van der Waals surface area contributed by atoms with Gasteiger partial charge in [0.1, 0.15) is 11.9 Å². The average molecular weight is 432 g/mol. The van der Waals surface area contributed by atoms with E-state index in [9.17, 15) is 14.0 Å². The Labute approximate surface area is 187 Å². The minimum atomic E-state index is -0.595. The van der Waals surface area contributed by atoms with Crippen LogP contribution in [0.5, 0.6) is 0 Å². The molecule has 2 aromatic carbocycles. The van der Waals surface area contributed by atoms with Crippen molar-refractivity contribution in [1.29, 1.82) is 0 Å². The van der Waals surface area contributed by atoms with Gasteiger partial charge >= 0.3 is 0 Å². The molecule has 32 heavy (non-hydrogen) atoms. The van der Waals surface area contributed by atoms with Crippen molar-refractivity contribution in [2.45, 2.75) is 25.8 Å². The number of nitrogens with zero attached hydrogens (tertiary/aromatic N) is 3. The van der Waals surface area contributed by atoms with Gasteiger partial charge in [0.05, 0.1) is 6.42 Å². The highest BCUT2D eigenvalue weighted by Gasteiger charge is 2.37. The number of hydrogen-bond acceptors (Lipinski definition) is 3. The third-order valence-corrected chi connectivity index (χ3v) is 5.93. The van der Waals surface area contributed by atoms with E-state index in [1.54, 1.807) is 34.3 Å². The summed E-state index contributed by atoms with van der Waals surface area (Å²) in [5.74, 6) is -0.583. The summed E-state index contributed by atoms with van der Waals surface area (Å²) in [5.41, 5.74) is 3.56. The Morgan fingerprint density at radius 1 is 1.09 bits per heavy atom. The van der Waals surface area contributed by atoms with Crippen molar-refractivity contribution in [3.63, 3.8) is 0 Å². The summed E-state index contributed by atoms with van der Waals surface area (Å²) in [6.07, 6.45) is 4.00. The van der Waals surface area contributed by atoms with Crippen molar-refractivity contribution in [3.05, 3.63) is 90.0 Å². The van der Waals surface area contributed by atoms with E-state index in [-0.39, 0.29) is 24.1 Å². The van der Waals surface area contributed by atoms with Crippen LogP contribution in [0.4, 0.5) is 4.39 Å². The van der Waals surface area contributed by atoms with Gasteiger partial charge in [-0.25, -0.2) is 4.39 Å². The molecule has 2 amide bonds. The predicted octanol–water partition coefficient (Wildman–Crippen LogP) is 3.73. The smallest absolute Gasteiger partial charge is 0.245 e. The maximum Gasteiger partial charge on any atom is 0.245 e. The summed E-state index contributed by atoms with van der Waals surface area (Å²) in [6, 6.07) is 17.2. The summed E-state index contributed by atoms with van der Waals surface area (Å²) in [4.78, 5) is 34.2. The summed E-state index contributed by atoms with van der Waals surface area (Å²) in [5, 5.41) is 0. The Balaban J connectivity index is 1.63. The molecule has 2 heterocycles. The first-order valence-electron chi connectivity index (χ1n) is 10.9. The van der Waals surface area contributed by atoms with Gasteiger partial charge in [-0.15, -0.1) is 0 Å². The molecule has 1 aliphatic heterocycles. The molecule has 0 aliphatic carbocycles. The summed E-state index contributed by atoms with van der Waals surface area (Å²) < 4.78 is 13.6. The zero-order chi connectivity index (χ0) is 22.5. The summed E-state index contributed by atoms with van der Waals surface area (Å²) >= 11 is 0. The molecule has 4 rings (SSSR count). The van der Waals surface area contributed by atoms with E-state index in [0.29, 0.717) is 31.6 Å². The highest BCUT2D eigenvalue weighted by molar-refractivity contribution is 5.90. The Morgan fingerprint density at radius 3 is 2.69 bits per heavy atom. The second-order valence-electron chi connectivity index (χ2n) is 7.93. The fraction of sp³-hybridized carbons (Fsp3) is 0.269. The van der Waals surface area contributed by atoms with E-state index < -0.39 is 6.04 Å². The molecule has 0 N–H and O–H groups in total. The van der Waals surface area contributed by atoms with Crippen molar-refractivity contribution in [3.8, 4) is 11.1 Å². The molecule has 1 saturated heterocycles. The first kappa shape index (κ1) is 21.7. The Morgan fingerprint density at radius 2 is 1.94 bits per heavy atom. The van der Waals surface area contributed by atoms with Crippen LogP contribution in [0.3, 0.4) is 0 Å². The number of carbonyl (C=O) groups excluding carboxylic acids is 2. The molecule has 1 aliphatic rings. The number of likely N-dealkylation sites (N-methyl/N-ethyl adjacent to an activating group) is 1. The van der Waals surface area contributed by atoms with E-state index >= 15 is 0 Å². The molecule has 1 atom stereocenters. The molecule has 5 nitrogen and oxygen atoms in total. The SMILES string of the molecule is CCN1CCN(C(=O)Cc2cccc(F)c2)C(Cc2ccccc2-c2cccnc2)C1=O. The molecule has 164 valence electrons. The van der Waals surface area contributed by atoms with Gasteiger partial charge in [-0.1, -0.05) is 42.5 Å². The van der Waals surface area contributed by atoms with Crippen molar-refractivity contribution < 1.29 is 14.0 Å². The predicted molar refractivity (Wildman–Crippen MR) is 121 cm³/mol. The largest absolute Gasteiger partial charge is 0.339 e. The lowest BCUT2D eigenvalue weighted by molar-refractivity contribution is -0.150. The first-order chi connectivity index (χ1) is 15.6. The monoisotopic (exact) mass is 431 g/mol. The second kappa shape index (κ2) is 9.73. The van der Waals surface area contributed by atoms with E-state index in [1.807, 2.05) is 43.3 Å². The molecule has 0 bridgehead atoms. The maximum atomic E-state index is 13.6. The fourth-order valence-electron chi connectivity index (χ4n) is 4.28. The molecular weight excluding hydrogens is 405 g/mol. The van der Waals surface area contributed by atoms with Crippen LogP contribution in [0.2, 0.25) is 0 Å². The van der Waals surface area contributed by atoms with Crippen LogP contribution in [0, 0.1) is 5.82 Å². The van der Waals surface area contributed by atoms with E-state index in [0.717, 1.165) is 16.7 Å². The summed E-state index contributed by atoms with van der Waals surface area (Å²) in [7, 11) is 0. The number of benzene rings is 2. The number of aromatic nitrogens is 1. The lowest BCUT2D eigenvalue weighted by Gasteiger charge is -2.40. The molecule has 0 radical (unpaired) electrons. The van der Waals surface area contributed by atoms with Gasteiger partial charge in [0.2, 0.25) is 11.8 Å². The number of hydrogen-bond donors (Lipinski definition) is 0. The van der Waals surface area contributed by atoms with Gasteiger partial charge in [0.15, 0.2) is 0 Å². The molecule has 0 spiro atoms. The van der Waals surface area contributed by atoms with Gasteiger partial charge in [0, 0.05) is 44.0 Å². The third kappa shape index (κ3) is 4.69.